The molecule has 0 amide bonds. The fraction of sp³-hybridized carbons (Fsp3) is 0.211. The van der Waals surface area contributed by atoms with E-state index in [1.54, 1.807) is 6.07 Å². The van der Waals surface area contributed by atoms with E-state index in [0.29, 0.717) is 28.7 Å². The van der Waals surface area contributed by atoms with Crippen molar-refractivity contribution < 1.29 is 9.15 Å². The van der Waals surface area contributed by atoms with Crippen molar-refractivity contribution in [1.29, 1.82) is 0 Å². The molecule has 0 bridgehead atoms. The molecule has 3 nitrogen and oxygen atoms in total. The van der Waals surface area contributed by atoms with Crippen molar-refractivity contribution in [2.24, 2.45) is 0 Å². The van der Waals surface area contributed by atoms with Gasteiger partial charge in [-0.05, 0) is 42.7 Å². The third-order valence-corrected chi connectivity index (χ3v) is 5.23. The van der Waals surface area contributed by atoms with Gasteiger partial charge in [-0.1, -0.05) is 29.3 Å². The zero-order chi connectivity index (χ0) is 17.0. The van der Waals surface area contributed by atoms with Gasteiger partial charge in [-0.3, -0.25) is 0 Å². The van der Waals surface area contributed by atoms with E-state index in [1.165, 1.54) is 6.07 Å². The van der Waals surface area contributed by atoms with Crippen molar-refractivity contribution in [3.8, 4) is 16.9 Å². The van der Waals surface area contributed by atoms with Crippen LogP contribution >= 0.6 is 23.2 Å². The molecule has 122 valence electrons. The van der Waals surface area contributed by atoms with Crippen LogP contribution in [0.15, 0.2) is 33.5 Å². The standard InChI is InChI=1S/C19H14Cl2O3/c1-9-7-15(22)24-19-12-5-6-23-18(12)17(10(2)16(9)19)11-3-4-13(20)14(21)8-11/h3-4,7-8H,5-6H2,1-2H3. The number of ether oxygens (including phenoxy) is 1. The highest BCUT2D eigenvalue weighted by atomic mass is 35.5. The van der Waals surface area contributed by atoms with Gasteiger partial charge in [-0.2, -0.15) is 0 Å². The summed E-state index contributed by atoms with van der Waals surface area (Å²) >= 11 is 12.3. The minimum absolute atomic E-state index is 0.337. The smallest absolute Gasteiger partial charge is 0.336 e. The van der Waals surface area contributed by atoms with Crippen molar-refractivity contribution in [3.05, 3.63) is 61.4 Å². The Labute approximate surface area is 148 Å². The second-order valence-corrected chi connectivity index (χ2v) is 6.80. The number of halogens is 2. The first kappa shape index (κ1) is 15.6. The van der Waals surface area contributed by atoms with Gasteiger partial charge in [0.05, 0.1) is 16.7 Å². The van der Waals surface area contributed by atoms with Gasteiger partial charge in [0.1, 0.15) is 11.3 Å². The predicted molar refractivity (Wildman–Crippen MR) is 96.6 cm³/mol. The van der Waals surface area contributed by atoms with E-state index >= 15 is 0 Å². The maximum Gasteiger partial charge on any atom is 0.336 e. The van der Waals surface area contributed by atoms with Crippen LogP contribution in [0.5, 0.6) is 5.75 Å². The summed E-state index contributed by atoms with van der Waals surface area (Å²) in [6.45, 7) is 4.50. The van der Waals surface area contributed by atoms with Crippen LogP contribution in [0.2, 0.25) is 10.0 Å². The summed E-state index contributed by atoms with van der Waals surface area (Å²) in [5, 5.41) is 1.97. The Kier molecular flexibility index (Phi) is 3.59. The number of hydrogen-bond acceptors (Lipinski definition) is 3. The summed E-state index contributed by atoms with van der Waals surface area (Å²) < 4.78 is 11.4. The molecule has 1 aromatic heterocycles. The number of hydrogen-bond donors (Lipinski definition) is 0. The normalized spacial score (nSPS) is 13.2. The van der Waals surface area contributed by atoms with Crippen LogP contribution in [0.3, 0.4) is 0 Å². The van der Waals surface area contributed by atoms with Crippen molar-refractivity contribution in [3.63, 3.8) is 0 Å². The third-order valence-electron chi connectivity index (χ3n) is 4.49. The van der Waals surface area contributed by atoms with Gasteiger partial charge in [0, 0.05) is 29.0 Å². The van der Waals surface area contributed by atoms with Crippen LogP contribution in [-0.2, 0) is 6.42 Å². The topological polar surface area (TPSA) is 39.4 Å². The average Bonchev–Trinajstić information content (AvgIpc) is 2.99. The molecule has 0 radical (unpaired) electrons. The Morgan fingerprint density at radius 1 is 1.08 bits per heavy atom. The lowest BCUT2D eigenvalue weighted by molar-refractivity contribution is 0.358. The van der Waals surface area contributed by atoms with Crippen LogP contribution in [-0.4, -0.2) is 6.61 Å². The highest BCUT2D eigenvalue weighted by molar-refractivity contribution is 6.42. The average molecular weight is 361 g/mol. The first-order valence-corrected chi connectivity index (χ1v) is 8.41. The highest BCUT2D eigenvalue weighted by Gasteiger charge is 2.26. The van der Waals surface area contributed by atoms with Crippen molar-refractivity contribution >= 4 is 34.2 Å². The lowest BCUT2D eigenvalue weighted by Crippen LogP contribution is -2.02. The molecule has 3 aromatic rings. The van der Waals surface area contributed by atoms with Gasteiger partial charge < -0.3 is 9.15 Å². The summed E-state index contributed by atoms with van der Waals surface area (Å²) in [6, 6.07) is 7.07. The van der Waals surface area contributed by atoms with Crippen molar-refractivity contribution in [1.82, 2.24) is 0 Å². The Hall–Kier alpha value is -1.97. The molecule has 1 aliphatic heterocycles. The first-order chi connectivity index (χ1) is 11.5. The molecule has 2 heterocycles. The largest absolute Gasteiger partial charge is 0.492 e. The van der Waals surface area contributed by atoms with E-state index in [9.17, 15) is 4.79 Å². The second-order valence-electron chi connectivity index (χ2n) is 5.99. The molecule has 0 saturated carbocycles. The Morgan fingerprint density at radius 3 is 2.62 bits per heavy atom. The van der Waals surface area contributed by atoms with Crippen LogP contribution in [0.4, 0.5) is 0 Å². The van der Waals surface area contributed by atoms with Gasteiger partial charge in [0.15, 0.2) is 0 Å². The molecule has 1 aliphatic rings. The van der Waals surface area contributed by atoms with E-state index < -0.39 is 0 Å². The molecule has 0 aliphatic carbocycles. The number of rotatable bonds is 1. The molecule has 2 aromatic carbocycles. The Bertz CT molecular complexity index is 1050. The number of fused-ring (bicyclic) bond motifs is 3. The van der Waals surface area contributed by atoms with Gasteiger partial charge in [0.2, 0.25) is 0 Å². The highest BCUT2D eigenvalue weighted by Crippen LogP contribution is 2.45. The molecule has 5 heteroatoms. The molecule has 0 spiro atoms. The third kappa shape index (κ3) is 2.23. The zero-order valence-corrected chi connectivity index (χ0v) is 14.7. The van der Waals surface area contributed by atoms with Crippen molar-refractivity contribution in [2.75, 3.05) is 6.61 Å². The summed E-state index contributed by atoms with van der Waals surface area (Å²) in [7, 11) is 0. The predicted octanol–water partition coefficient (Wildman–Crippen LogP) is 5.32. The minimum atomic E-state index is -0.337. The van der Waals surface area contributed by atoms with E-state index in [2.05, 4.69) is 0 Å². The van der Waals surface area contributed by atoms with Crippen molar-refractivity contribution in [2.45, 2.75) is 20.3 Å². The van der Waals surface area contributed by atoms with E-state index in [0.717, 1.165) is 39.0 Å². The molecule has 0 fully saturated rings. The molecule has 0 saturated heterocycles. The maximum atomic E-state index is 11.8. The summed E-state index contributed by atoms with van der Waals surface area (Å²) in [6.07, 6.45) is 0.715. The van der Waals surface area contributed by atoms with E-state index in [-0.39, 0.29) is 5.63 Å². The van der Waals surface area contributed by atoms with Crippen LogP contribution in [0.25, 0.3) is 22.1 Å². The molecule has 0 unspecified atom stereocenters. The fourth-order valence-corrected chi connectivity index (χ4v) is 3.78. The monoisotopic (exact) mass is 360 g/mol. The SMILES string of the molecule is Cc1cc(=O)oc2c3c(c(-c4ccc(Cl)c(Cl)c4)c(C)c12)OCC3. The first-order valence-electron chi connectivity index (χ1n) is 7.65. The minimum Gasteiger partial charge on any atom is -0.492 e. The lowest BCUT2D eigenvalue weighted by Gasteiger charge is -2.16. The maximum absolute atomic E-state index is 11.8. The van der Waals surface area contributed by atoms with E-state index in [1.807, 2.05) is 26.0 Å². The van der Waals surface area contributed by atoms with Crippen LogP contribution in [0.1, 0.15) is 16.7 Å². The van der Waals surface area contributed by atoms with E-state index in [4.69, 9.17) is 32.4 Å². The fourth-order valence-electron chi connectivity index (χ4n) is 3.48. The van der Waals surface area contributed by atoms with Crippen LogP contribution < -0.4 is 10.4 Å². The number of benzene rings is 2. The molecule has 0 N–H and O–H groups in total. The van der Waals surface area contributed by atoms with Crippen LogP contribution in [0, 0.1) is 13.8 Å². The molecular formula is C19H14Cl2O3. The lowest BCUT2D eigenvalue weighted by atomic mass is 9.91. The van der Waals surface area contributed by atoms with Gasteiger partial charge in [-0.25, -0.2) is 4.79 Å². The van der Waals surface area contributed by atoms with Gasteiger partial charge in [0.25, 0.3) is 0 Å². The molecule has 0 atom stereocenters. The Morgan fingerprint density at radius 2 is 1.88 bits per heavy atom. The van der Waals surface area contributed by atoms with Gasteiger partial charge in [-0.15, -0.1) is 0 Å². The molecule has 24 heavy (non-hydrogen) atoms. The summed E-state index contributed by atoms with van der Waals surface area (Å²) in [5.74, 6) is 0.770. The summed E-state index contributed by atoms with van der Waals surface area (Å²) in [5.41, 5.74) is 5.06. The molecular weight excluding hydrogens is 347 g/mol. The second kappa shape index (κ2) is 5.54. The quantitative estimate of drug-likeness (QED) is 0.551. The summed E-state index contributed by atoms with van der Waals surface area (Å²) in [4.78, 5) is 11.8. The zero-order valence-electron chi connectivity index (χ0n) is 13.2. The molecule has 4 rings (SSSR count). The number of aryl methyl sites for hydroxylation is 2. The van der Waals surface area contributed by atoms with Gasteiger partial charge >= 0.3 is 5.63 Å². The Balaban J connectivity index is 2.15.